The standard InChI is InChI=1S/C20H21ClN2O3.C2HF3O2/c1-13-3-2-10-23(12-13)18-9-8-16(11-17(18)20(25)26)22-19(24)14-4-6-15(21)7-5-14;3-2(4,5)1(6)7/h4-9,11,13H,2-3,10,12H2,1H3,(H,22,24)(H,25,26);(H,6,7). The van der Waals surface area contributed by atoms with Crippen molar-refractivity contribution in [1.82, 2.24) is 0 Å². The van der Waals surface area contributed by atoms with Gasteiger partial charge in [0.15, 0.2) is 0 Å². The second-order valence-electron chi connectivity index (χ2n) is 7.49. The van der Waals surface area contributed by atoms with Crippen molar-refractivity contribution in [3.05, 3.63) is 58.6 Å². The first kappa shape index (κ1) is 26.0. The van der Waals surface area contributed by atoms with Gasteiger partial charge in [0.05, 0.1) is 11.3 Å². The number of amides is 1. The molecule has 1 unspecified atom stereocenters. The third kappa shape index (κ3) is 7.67. The van der Waals surface area contributed by atoms with Gasteiger partial charge in [0.25, 0.3) is 5.91 Å². The van der Waals surface area contributed by atoms with Crippen molar-refractivity contribution in [3.63, 3.8) is 0 Å². The highest BCUT2D eigenvalue weighted by molar-refractivity contribution is 6.30. The van der Waals surface area contributed by atoms with E-state index in [1.165, 1.54) is 6.07 Å². The quantitative estimate of drug-likeness (QED) is 0.551. The van der Waals surface area contributed by atoms with Crippen LogP contribution in [0.15, 0.2) is 42.5 Å². The predicted molar refractivity (Wildman–Crippen MR) is 117 cm³/mol. The molecule has 0 spiro atoms. The minimum atomic E-state index is -5.08. The molecule has 0 aromatic heterocycles. The van der Waals surface area contributed by atoms with Crippen LogP contribution in [-0.4, -0.2) is 47.3 Å². The van der Waals surface area contributed by atoms with Crippen LogP contribution in [0.5, 0.6) is 0 Å². The molecule has 2 aromatic carbocycles. The average Bonchev–Trinajstić information content (AvgIpc) is 2.74. The second-order valence-corrected chi connectivity index (χ2v) is 7.93. The van der Waals surface area contributed by atoms with Crippen molar-refractivity contribution in [2.75, 3.05) is 23.3 Å². The number of piperidine rings is 1. The Morgan fingerprint density at radius 3 is 2.21 bits per heavy atom. The minimum Gasteiger partial charge on any atom is -0.478 e. The first-order chi connectivity index (χ1) is 15.4. The van der Waals surface area contributed by atoms with Crippen LogP contribution in [0.2, 0.25) is 5.02 Å². The monoisotopic (exact) mass is 486 g/mol. The molecule has 1 atom stereocenters. The van der Waals surface area contributed by atoms with Crippen LogP contribution < -0.4 is 10.2 Å². The van der Waals surface area contributed by atoms with Crippen molar-refractivity contribution in [2.24, 2.45) is 5.92 Å². The summed E-state index contributed by atoms with van der Waals surface area (Å²) in [5.74, 6) is -3.53. The Labute approximate surface area is 192 Å². The number of hydrogen-bond acceptors (Lipinski definition) is 4. The molecule has 11 heteroatoms. The van der Waals surface area contributed by atoms with Gasteiger partial charge in [-0.2, -0.15) is 13.2 Å². The number of hydrogen-bond donors (Lipinski definition) is 3. The number of nitrogens with one attached hydrogen (secondary N) is 1. The highest BCUT2D eigenvalue weighted by Crippen LogP contribution is 2.29. The molecule has 0 saturated carbocycles. The van der Waals surface area contributed by atoms with E-state index < -0.39 is 18.1 Å². The maximum atomic E-state index is 12.3. The largest absolute Gasteiger partial charge is 0.490 e. The third-order valence-corrected chi connectivity index (χ3v) is 5.08. The number of anilines is 2. The molecule has 1 amide bonds. The van der Waals surface area contributed by atoms with Gasteiger partial charge in [-0.1, -0.05) is 18.5 Å². The third-order valence-electron chi connectivity index (χ3n) is 4.83. The highest BCUT2D eigenvalue weighted by Gasteiger charge is 2.38. The summed E-state index contributed by atoms with van der Waals surface area (Å²) in [6.07, 6.45) is -2.87. The zero-order chi connectivity index (χ0) is 24.8. The molecule has 7 nitrogen and oxygen atoms in total. The lowest BCUT2D eigenvalue weighted by Gasteiger charge is -2.33. The van der Waals surface area contributed by atoms with Crippen LogP contribution in [0.1, 0.15) is 40.5 Å². The Morgan fingerprint density at radius 1 is 1.09 bits per heavy atom. The highest BCUT2D eigenvalue weighted by atomic mass is 35.5. The Morgan fingerprint density at radius 2 is 1.70 bits per heavy atom. The van der Waals surface area contributed by atoms with Gasteiger partial charge in [0.1, 0.15) is 0 Å². The Bertz CT molecular complexity index is 1010. The lowest BCUT2D eigenvalue weighted by Crippen LogP contribution is -2.35. The molecule has 33 heavy (non-hydrogen) atoms. The summed E-state index contributed by atoms with van der Waals surface area (Å²) >= 11 is 5.83. The second kappa shape index (κ2) is 11.0. The van der Waals surface area contributed by atoms with Crippen molar-refractivity contribution in [3.8, 4) is 0 Å². The number of carboxylic acids is 2. The van der Waals surface area contributed by atoms with Crippen LogP contribution in [0.25, 0.3) is 0 Å². The van der Waals surface area contributed by atoms with Crippen LogP contribution in [0.4, 0.5) is 24.5 Å². The fourth-order valence-electron chi connectivity index (χ4n) is 3.27. The van der Waals surface area contributed by atoms with Gasteiger partial charge >= 0.3 is 18.1 Å². The van der Waals surface area contributed by atoms with Crippen LogP contribution in [0, 0.1) is 5.92 Å². The van der Waals surface area contributed by atoms with Gasteiger partial charge in [-0.05, 0) is 61.2 Å². The van der Waals surface area contributed by atoms with Crippen molar-refractivity contribution in [1.29, 1.82) is 0 Å². The van der Waals surface area contributed by atoms with Gasteiger partial charge in [-0.25, -0.2) is 9.59 Å². The van der Waals surface area contributed by atoms with Crippen LogP contribution in [0.3, 0.4) is 0 Å². The molecule has 2 aromatic rings. The van der Waals surface area contributed by atoms with E-state index in [0.29, 0.717) is 27.9 Å². The van der Waals surface area contributed by atoms with Gasteiger partial charge in [0.2, 0.25) is 0 Å². The fourth-order valence-corrected chi connectivity index (χ4v) is 3.40. The van der Waals surface area contributed by atoms with E-state index in [1.807, 2.05) is 0 Å². The molecule has 3 N–H and O–H groups in total. The zero-order valence-corrected chi connectivity index (χ0v) is 18.3. The molecule has 0 aliphatic carbocycles. The van der Waals surface area contributed by atoms with E-state index in [0.717, 1.165) is 25.9 Å². The maximum Gasteiger partial charge on any atom is 0.490 e. The van der Waals surface area contributed by atoms with E-state index in [2.05, 4.69) is 17.1 Å². The molecule has 1 heterocycles. The number of rotatable bonds is 4. The summed E-state index contributed by atoms with van der Waals surface area (Å²) in [7, 11) is 0. The molecule has 1 aliphatic rings. The molecule has 3 rings (SSSR count). The van der Waals surface area contributed by atoms with Crippen LogP contribution >= 0.6 is 11.6 Å². The lowest BCUT2D eigenvalue weighted by atomic mass is 9.98. The number of alkyl halides is 3. The molecular formula is C22H22ClF3N2O5. The topological polar surface area (TPSA) is 107 Å². The van der Waals surface area contributed by atoms with E-state index in [4.69, 9.17) is 21.5 Å². The number of halogens is 4. The van der Waals surface area contributed by atoms with E-state index >= 15 is 0 Å². The van der Waals surface area contributed by atoms with Gasteiger partial charge < -0.3 is 20.4 Å². The van der Waals surface area contributed by atoms with Gasteiger partial charge in [-0.15, -0.1) is 0 Å². The number of carbonyl (C=O) groups excluding carboxylic acids is 1. The molecule has 1 fully saturated rings. The number of aliphatic carboxylic acids is 1. The van der Waals surface area contributed by atoms with Crippen LogP contribution in [-0.2, 0) is 4.79 Å². The fraction of sp³-hybridized carbons (Fsp3) is 0.318. The molecule has 0 radical (unpaired) electrons. The molecule has 0 bridgehead atoms. The minimum absolute atomic E-state index is 0.202. The summed E-state index contributed by atoms with van der Waals surface area (Å²) in [6.45, 7) is 3.87. The van der Waals surface area contributed by atoms with E-state index in [1.54, 1.807) is 36.4 Å². The summed E-state index contributed by atoms with van der Waals surface area (Å²) in [6, 6.07) is 11.6. The molecule has 178 valence electrons. The van der Waals surface area contributed by atoms with Crippen molar-refractivity contribution in [2.45, 2.75) is 25.9 Å². The van der Waals surface area contributed by atoms with Gasteiger partial charge in [-0.3, -0.25) is 4.79 Å². The smallest absolute Gasteiger partial charge is 0.478 e. The Balaban J connectivity index is 0.000000479. The molecular weight excluding hydrogens is 465 g/mol. The normalized spacial score (nSPS) is 15.8. The number of carboxylic acid groups (broad SMARTS) is 2. The summed E-state index contributed by atoms with van der Waals surface area (Å²) in [4.78, 5) is 35.1. The van der Waals surface area contributed by atoms with Gasteiger partial charge in [0, 0.05) is 29.4 Å². The van der Waals surface area contributed by atoms with E-state index in [-0.39, 0.29) is 11.5 Å². The number of nitrogens with zero attached hydrogens (tertiary/aromatic N) is 1. The maximum absolute atomic E-state index is 12.3. The average molecular weight is 487 g/mol. The molecule has 1 aliphatic heterocycles. The Hall–Kier alpha value is -3.27. The number of benzene rings is 2. The summed E-state index contributed by atoms with van der Waals surface area (Å²) < 4.78 is 31.7. The first-order valence-corrected chi connectivity index (χ1v) is 10.3. The SMILES string of the molecule is CC1CCCN(c2ccc(NC(=O)c3ccc(Cl)cc3)cc2C(=O)O)C1.O=C(O)C(F)(F)F. The first-order valence-electron chi connectivity index (χ1n) is 9.87. The molecule has 1 saturated heterocycles. The zero-order valence-electron chi connectivity index (χ0n) is 17.5. The van der Waals surface area contributed by atoms with E-state index in [9.17, 15) is 27.9 Å². The summed E-state index contributed by atoms with van der Waals surface area (Å²) in [5, 5.41) is 20.0. The van der Waals surface area contributed by atoms with Crippen molar-refractivity contribution < 1.29 is 37.8 Å². The number of carbonyl (C=O) groups is 3. The van der Waals surface area contributed by atoms with Crippen molar-refractivity contribution >= 4 is 40.8 Å². The Kier molecular flexibility index (Phi) is 8.69. The lowest BCUT2D eigenvalue weighted by molar-refractivity contribution is -0.192. The predicted octanol–water partition coefficient (Wildman–Crippen LogP) is 5.16. The summed E-state index contributed by atoms with van der Waals surface area (Å²) in [5.41, 5.74) is 1.82. The number of aromatic carboxylic acids is 1.